The lowest BCUT2D eigenvalue weighted by Gasteiger charge is -2.17. The molecule has 3 amide bonds. The average Bonchev–Trinajstić information content (AvgIpc) is 2.52. The molecule has 0 radical (unpaired) electrons. The maximum absolute atomic E-state index is 11.8. The van der Waals surface area contributed by atoms with Gasteiger partial charge in [0.1, 0.15) is 0 Å². The molecular formula is C17H27N3O4. The van der Waals surface area contributed by atoms with Crippen LogP contribution in [0.3, 0.4) is 0 Å². The molecule has 3 N–H and O–H groups in total. The molecule has 0 aliphatic rings. The number of carbonyl (C=O) groups is 2. The van der Waals surface area contributed by atoms with Crippen LogP contribution in [-0.4, -0.2) is 43.5 Å². The fraction of sp³-hybridized carbons (Fsp3) is 0.529. The monoisotopic (exact) mass is 337 g/mol. The maximum Gasteiger partial charge on any atom is 0.413 e. The topological polar surface area (TPSA) is 90.9 Å². The highest BCUT2D eigenvalue weighted by Gasteiger charge is 2.12. The zero-order valence-electron chi connectivity index (χ0n) is 14.7. The summed E-state index contributed by atoms with van der Waals surface area (Å²) in [5, 5.41) is 14.8. The van der Waals surface area contributed by atoms with E-state index < -0.39 is 6.09 Å². The second-order valence-corrected chi connectivity index (χ2v) is 5.83. The normalized spacial score (nSPS) is 12.9. The molecule has 0 bridgehead atoms. The fourth-order valence-corrected chi connectivity index (χ4v) is 2.20. The van der Waals surface area contributed by atoms with Crippen LogP contribution in [0.1, 0.15) is 27.2 Å². The molecule has 0 heterocycles. The van der Waals surface area contributed by atoms with Crippen LogP contribution in [0.5, 0.6) is 0 Å². The van der Waals surface area contributed by atoms with E-state index in [0.717, 1.165) is 0 Å². The van der Waals surface area contributed by atoms with E-state index in [-0.39, 0.29) is 18.1 Å². The Morgan fingerprint density at radius 2 is 1.88 bits per heavy atom. The summed E-state index contributed by atoms with van der Waals surface area (Å²) in [6, 6.07) is 6.57. The van der Waals surface area contributed by atoms with Gasteiger partial charge in [0, 0.05) is 25.0 Å². The average molecular weight is 337 g/mol. The molecule has 0 aromatic heterocycles. The molecule has 0 aliphatic carbocycles. The first kappa shape index (κ1) is 19.8. The molecule has 0 fully saturated rings. The summed E-state index contributed by atoms with van der Waals surface area (Å²) < 4.78 is 4.92. The zero-order valence-corrected chi connectivity index (χ0v) is 14.7. The van der Waals surface area contributed by atoms with Gasteiger partial charge in [-0.25, -0.2) is 9.59 Å². The summed E-state index contributed by atoms with van der Waals surface area (Å²) in [7, 11) is 1.62. The van der Waals surface area contributed by atoms with Crippen molar-refractivity contribution in [2.75, 3.05) is 30.4 Å². The number of hydrogen-bond donors (Lipinski definition) is 3. The number of anilines is 2. The first-order valence-corrected chi connectivity index (χ1v) is 8.07. The van der Waals surface area contributed by atoms with E-state index in [9.17, 15) is 14.7 Å². The second-order valence-electron chi connectivity index (χ2n) is 5.83. The Balaban J connectivity index is 2.49. The van der Waals surface area contributed by atoms with Gasteiger partial charge in [0.05, 0.1) is 12.7 Å². The Morgan fingerprint density at radius 3 is 2.42 bits per heavy atom. The molecule has 0 spiro atoms. The molecule has 2 atom stereocenters. The third-order valence-corrected chi connectivity index (χ3v) is 3.41. The predicted molar refractivity (Wildman–Crippen MR) is 94.4 cm³/mol. The van der Waals surface area contributed by atoms with Gasteiger partial charge in [-0.1, -0.05) is 6.92 Å². The van der Waals surface area contributed by atoms with Gasteiger partial charge in [0.25, 0.3) is 0 Å². The van der Waals surface area contributed by atoms with Crippen LogP contribution in [0.4, 0.5) is 21.0 Å². The van der Waals surface area contributed by atoms with E-state index in [4.69, 9.17) is 4.74 Å². The fourth-order valence-electron chi connectivity index (χ4n) is 2.20. The van der Waals surface area contributed by atoms with Crippen molar-refractivity contribution in [1.29, 1.82) is 0 Å². The van der Waals surface area contributed by atoms with Gasteiger partial charge in [0.15, 0.2) is 0 Å². The van der Waals surface area contributed by atoms with Gasteiger partial charge in [-0.15, -0.1) is 0 Å². The van der Waals surface area contributed by atoms with Crippen LogP contribution in [0, 0.1) is 5.92 Å². The molecule has 1 aromatic carbocycles. The smallest absolute Gasteiger partial charge is 0.413 e. The number of hydrogen-bond acceptors (Lipinski definition) is 4. The molecule has 0 aliphatic heterocycles. The predicted octanol–water partition coefficient (Wildman–Crippen LogP) is 2.81. The number of ether oxygens (including phenoxy) is 1. The number of carbonyl (C=O) groups excluding carboxylic acids is 2. The van der Waals surface area contributed by atoms with Crippen molar-refractivity contribution < 1.29 is 19.4 Å². The van der Waals surface area contributed by atoms with E-state index >= 15 is 0 Å². The minimum atomic E-state index is -0.428. The highest BCUT2D eigenvalue weighted by Crippen LogP contribution is 2.17. The van der Waals surface area contributed by atoms with E-state index in [2.05, 4.69) is 10.6 Å². The van der Waals surface area contributed by atoms with E-state index in [1.54, 1.807) is 45.2 Å². The quantitative estimate of drug-likeness (QED) is 0.713. The molecule has 7 heteroatoms. The third kappa shape index (κ3) is 6.87. The number of nitrogens with zero attached hydrogens (tertiary/aromatic N) is 1. The summed E-state index contributed by atoms with van der Waals surface area (Å²) in [6.07, 6.45) is -0.174. The molecule has 24 heavy (non-hydrogen) atoms. The Kier molecular flexibility index (Phi) is 8.05. The number of aliphatic hydroxyl groups is 1. The van der Waals surface area contributed by atoms with Crippen molar-refractivity contribution in [2.24, 2.45) is 5.92 Å². The van der Waals surface area contributed by atoms with Crippen molar-refractivity contribution >= 4 is 23.5 Å². The van der Waals surface area contributed by atoms with Crippen LogP contribution in [0.25, 0.3) is 0 Å². The van der Waals surface area contributed by atoms with Crippen molar-refractivity contribution in [3.05, 3.63) is 24.3 Å². The van der Waals surface area contributed by atoms with Crippen LogP contribution in [-0.2, 0) is 4.74 Å². The number of nitrogens with one attached hydrogen (secondary N) is 2. The van der Waals surface area contributed by atoms with Gasteiger partial charge in [-0.3, -0.25) is 4.90 Å². The summed E-state index contributed by atoms with van der Waals surface area (Å²) in [5.41, 5.74) is 1.29. The van der Waals surface area contributed by atoms with Crippen molar-refractivity contribution in [1.82, 2.24) is 5.32 Å². The zero-order chi connectivity index (χ0) is 18.1. The standard InChI is InChI=1S/C17H27N3O4/c1-5-24-17(23)20(4)15-8-6-14(7-9-15)19-16(22)18-11-12(2)10-13(3)21/h6-9,12-13,21H,5,10-11H2,1-4H3,(H2,18,19,22). The van der Waals surface area contributed by atoms with E-state index in [1.165, 1.54) is 4.90 Å². The van der Waals surface area contributed by atoms with Crippen molar-refractivity contribution in [3.63, 3.8) is 0 Å². The van der Waals surface area contributed by atoms with Crippen LogP contribution >= 0.6 is 0 Å². The Morgan fingerprint density at radius 1 is 1.25 bits per heavy atom. The van der Waals surface area contributed by atoms with Gasteiger partial charge >= 0.3 is 12.1 Å². The number of benzene rings is 1. The molecule has 1 aromatic rings. The number of rotatable bonds is 7. The first-order valence-electron chi connectivity index (χ1n) is 8.07. The van der Waals surface area contributed by atoms with Crippen molar-refractivity contribution in [2.45, 2.75) is 33.3 Å². The van der Waals surface area contributed by atoms with E-state index in [0.29, 0.717) is 30.9 Å². The molecule has 1 rings (SSSR count). The molecule has 0 saturated carbocycles. The second kappa shape index (κ2) is 9.77. The first-order chi connectivity index (χ1) is 11.3. The van der Waals surface area contributed by atoms with Gasteiger partial charge in [-0.2, -0.15) is 0 Å². The van der Waals surface area contributed by atoms with Crippen LogP contribution in [0.2, 0.25) is 0 Å². The SMILES string of the molecule is CCOC(=O)N(C)c1ccc(NC(=O)NCC(C)CC(C)O)cc1. The Labute approximate surface area is 143 Å². The third-order valence-electron chi connectivity index (χ3n) is 3.41. The Hall–Kier alpha value is -2.28. The van der Waals surface area contributed by atoms with Crippen LogP contribution < -0.4 is 15.5 Å². The highest BCUT2D eigenvalue weighted by atomic mass is 16.6. The maximum atomic E-state index is 11.8. The largest absolute Gasteiger partial charge is 0.449 e. The molecule has 134 valence electrons. The van der Waals surface area contributed by atoms with Gasteiger partial charge < -0.3 is 20.5 Å². The molecule has 0 saturated heterocycles. The number of aliphatic hydroxyl groups excluding tert-OH is 1. The highest BCUT2D eigenvalue weighted by molar-refractivity contribution is 5.90. The molecular weight excluding hydrogens is 310 g/mol. The lowest BCUT2D eigenvalue weighted by molar-refractivity contribution is 0.161. The molecule has 7 nitrogen and oxygen atoms in total. The number of urea groups is 1. The number of amides is 3. The summed E-state index contributed by atoms with van der Waals surface area (Å²) in [4.78, 5) is 24.9. The minimum absolute atomic E-state index is 0.191. The Bertz CT molecular complexity index is 531. The summed E-state index contributed by atoms with van der Waals surface area (Å²) >= 11 is 0. The summed E-state index contributed by atoms with van der Waals surface area (Å²) in [6.45, 7) is 6.24. The van der Waals surface area contributed by atoms with Crippen LogP contribution in [0.15, 0.2) is 24.3 Å². The summed E-state index contributed by atoms with van der Waals surface area (Å²) in [5.74, 6) is 0.191. The lowest BCUT2D eigenvalue weighted by Crippen LogP contribution is -2.33. The van der Waals surface area contributed by atoms with Gasteiger partial charge in [-0.05, 0) is 50.5 Å². The minimum Gasteiger partial charge on any atom is -0.449 e. The lowest BCUT2D eigenvalue weighted by atomic mass is 10.1. The van der Waals surface area contributed by atoms with Gasteiger partial charge in [0.2, 0.25) is 0 Å². The molecule has 2 unspecified atom stereocenters. The van der Waals surface area contributed by atoms with Crippen molar-refractivity contribution in [3.8, 4) is 0 Å². The van der Waals surface area contributed by atoms with E-state index in [1.807, 2.05) is 6.92 Å².